The summed E-state index contributed by atoms with van der Waals surface area (Å²) < 4.78 is 13.8. The standard InChI is InChI=1S/C29H32FN3O2/c30-26-11-7-10-25(21-26)29(35)33(22-24-8-3-1-4-9-24)27-14-12-23(13-15-27)20-28(34)31-16-19-32-17-5-2-6-18-32/h1,3-4,7-15,21H,2,5-6,16-20,22H2,(H,31,34). The van der Waals surface area contributed by atoms with Gasteiger partial charge in [0.05, 0.1) is 13.0 Å². The number of hydrogen-bond acceptors (Lipinski definition) is 3. The van der Waals surface area contributed by atoms with Crippen molar-refractivity contribution in [1.82, 2.24) is 10.2 Å². The Morgan fingerprint density at radius 3 is 2.31 bits per heavy atom. The number of carbonyl (C=O) groups excluding carboxylic acids is 2. The molecule has 1 aliphatic rings. The number of rotatable bonds is 9. The summed E-state index contributed by atoms with van der Waals surface area (Å²) in [5.41, 5.74) is 2.83. The molecule has 0 bridgehead atoms. The molecule has 182 valence electrons. The quantitative estimate of drug-likeness (QED) is 0.485. The smallest absolute Gasteiger partial charge is 0.258 e. The van der Waals surface area contributed by atoms with Crippen LogP contribution in [0.1, 0.15) is 40.7 Å². The number of halogens is 1. The lowest BCUT2D eigenvalue weighted by molar-refractivity contribution is -0.120. The highest BCUT2D eigenvalue weighted by atomic mass is 19.1. The van der Waals surface area contributed by atoms with E-state index in [1.54, 1.807) is 11.0 Å². The van der Waals surface area contributed by atoms with Gasteiger partial charge in [-0.05, 0) is 67.4 Å². The summed E-state index contributed by atoms with van der Waals surface area (Å²) in [7, 11) is 0. The van der Waals surface area contributed by atoms with Gasteiger partial charge in [-0.25, -0.2) is 4.39 Å². The van der Waals surface area contributed by atoms with Crippen molar-refractivity contribution < 1.29 is 14.0 Å². The molecule has 4 rings (SSSR count). The zero-order valence-electron chi connectivity index (χ0n) is 20.0. The first kappa shape index (κ1) is 24.6. The van der Waals surface area contributed by atoms with Gasteiger partial charge in [-0.2, -0.15) is 0 Å². The number of carbonyl (C=O) groups is 2. The van der Waals surface area contributed by atoms with Gasteiger partial charge in [0.2, 0.25) is 5.91 Å². The summed E-state index contributed by atoms with van der Waals surface area (Å²) in [5, 5.41) is 3.01. The molecule has 6 heteroatoms. The minimum Gasteiger partial charge on any atom is -0.355 e. The van der Waals surface area contributed by atoms with Crippen LogP contribution < -0.4 is 10.2 Å². The Labute approximate surface area is 206 Å². The molecular weight excluding hydrogens is 441 g/mol. The first-order chi connectivity index (χ1) is 17.1. The van der Waals surface area contributed by atoms with Crippen LogP contribution in [-0.4, -0.2) is 42.9 Å². The third-order valence-corrected chi connectivity index (χ3v) is 6.31. The number of piperidine rings is 1. The number of anilines is 1. The predicted octanol–water partition coefficient (Wildman–Crippen LogP) is 4.82. The van der Waals surface area contributed by atoms with Gasteiger partial charge in [0.15, 0.2) is 0 Å². The summed E-state index contributed by atoms with van der Waals surface area (Å²) in [5.74, 6) is -0.736. The van der Waals surface area contributed by atoms with Gasteiger partial charge < -0.3 is 15.1 Å². The molecule has 1 aliphatic heterocycles. The fourth-order valence-corrected chi connectivity index (χ4v) is 4.40. The lowest BCUT2D eigenvalue weighted by Crippen LogP contribution is -2.38. The lowest BCUT2D eigenvalue weighted by atomic mass is 10.1. The molecule has 0 radical (unpaired) electrons. The van der Waals surface area contributed by atoms with E-state index >= 15 is 0 Å². The van der Waals surface area contributed by atoms with Gasteiger partial charge in [0.25, 0.3) is 5.91 Å². The van der Waals surface area contributed by atoms with Crippen molar-refractivity contribution in [2.75, 3.05) is 31.1 Å². The molecule has 0 aromatic heterocycles. The topological polar surface area (TPSA) is 52.7 Å². The Kier molecular flexibility index (Phi) is 8.63. The van der Waals surface area contributed by atoms with Crippen LogP contribution >= 0.6 is 0 Å². The summed E-state index contributed by atoms with van der Waals surface area (Å²) in [6.07, 6.45) is 4.07. The minimum absolute atomic E-state index is 0.00765. The maximum atomic E-state index is 13.8. The fourth-order valence-electron chi connectivity index (χ4n) is 4.40. The van der Waals surface area contributed by atoms with Crippen molar-refractivity contribution in [3.8, 4) is 0 Å². The van der Waals surface area contributed by atoms with Crippen LogP contribution in [-0.2, 0) is 17.8 Å². The van der Waals surface area contributed by atoms with E-state index in [2.05, 4.69) is 10.2 Å². The highest BCUT2D eigenvalue weighted by molar-refractivity contribution is 6.06. The Hall–Kier alpha value is -3.51. The van der Waals surface area contributed by atoms with Gasteiger partial charge in [0, 0.05) is 24.3 Å². The highest BCUT2D eigenvalue weighted by Gasteiger charge is 2.19. The monoisotopic (exact) mass is 473 g/mol. The second-order valence-electron chi connectivity index (χ2n) is 8.98. The average Bonchev–Trinajstić information content (AvgIpc) is 2.89. The summed E-state index contributed by atoms with van der Waals surface area (Å²) in [4.78, 5) is 29.7. The summed E-state index contributed by atoms with van der Waals surface area (Å²) in [6, 6.07) is 22.8. The number of nitrogens with one attached hydrogen (secondary N) is 1. The fraction of sp³-hybridized carbons (Fsp3) is 0.310. The summed E-state index contributed by atoms with van der Waals surface area (Å²) in [6.45, 7) is 4.13. The number of amides is 2. The van der Waals surface area contributed by atoms with Crippen LogP contribution in [0.4, 0.5) is 10.1 Å². The van der Waals surface area contributed by atoms with Gasteiger partial charge in [-0.1, -0.05) is 55.0 Å². The number of hydrogen-bond donors (Lipinski definition) is 1. The molecule has 3 aromatic carbocycles. The number of likely N-dealkylation sites (tertiary alicyclic amines) is 1. The molecule has 35 heavy (non-hydrogen) atoms. The number of nitrogens with zero attached hydrogens (tertiary/aromatic N) is 2. The Morgan fingerprint density at radius 2 is 1.60 bits per heavy atom. The predicted molar refractivity (Wildman–Crippen MR) is 137 cm³/mol. The SMILES string of the molecule is O=C(Cc1ccc(N(Cc2ccccc2)C(=O)c2cccc(F)c2)cc1)NCCN1CCCCC1. The molecule has 1 N–H and O–H groups in total. The number of benzene rings is 3. The normalized spacial score (nSPS) is 13.9. The molecule has 0 aliphatic carbocycles. The van der Waals surface area contributed by atoms with Crippen LogP contribution in [0, 0.1) is 5.82 Å². The zero-order chi connectivity index (χ0) is 24.5. The second kappa shape index (κ2) is 12.3. The Bertz CT molecular complexity index is 1110. The van der Waals surface area contributed by atoms with E-state index in [1.165, 1.54) is 37.5 Å². The Balaban J connectivity index is 1.41. The van der Waals surface area contributed by atoms with Gasteiger partial charge in [0.1, 0.15) is 5.82 Å². The molecule has 0 saturated carbocycles. The molecule has 3 aromatic rings. The van der Waals surface area contributed by atoms with Crippen LogP contribution in [0.3, 0.4) is 0 Å². The lowest BCUT2D eigenvalue weighted by Gasteiger charge is -2.26. The van der Waals surface area contributed by atoms with Crippen molar-refractivity contribution in [2.45, 2.75) is 32.2 Å². The van der Waals surface area contributed by atoms with Crippen molar-refractivity contribution in [3.05, 3.63) is 101 Å². The summed E-state index contributed by atoms with van der Waals surface area (Å²) >= 11 is 0. The van der Waals surface area contributed by atoms with Crippen LogP contribution in [0.25, 0.3) is 0 Å². The van der Waals surface area contributed by atoms with Crippen LogP contribution in [0.15, 0.2) is 78.9 Å². The van der Waals surface area contributed by atoms with Crippen molar-refractivity contribution in [1.29, 1.82) is 0 Å². The molecule has 2 amide bonds. The largest absolute Gasteiger partial charge is 0.355 e. The second-order valence-corrected chi connectivity index (χ2v) is 8.98. The molecule has 0 unspecified atom stereocenters. The van der Waals surface area contributed by atoms with E-state index < -0.39 is 5.82 Å². The van der Waals surface area contributed by atoms with Gasteiger partial charge >= 0.3 is 0 Å². The molecule has 5 nitrogen and oxygen atoms in total. The molecule has 0 spiro atoms. The molecule has 1 saturated heterocycles. The minimum atomic E-state index is -0.447. The van der Waals surface area contributed by atoms with E-state index in [0.717, 1.165) is 30.8 Å². The van der Waals surface area contributed by atoms with Crippen LogP contribution in [0.5, 0.6) is 0 Å². The third kappa shape index (κ3) is 7.23. The first-order valence-electron chi connectivity index (χ1n) is 12.3. The van der Waals surface area contributed by atoms with Gasteiger partial charge in [-0.3, -0.25) is 9.59 Å². The maximum Gasteiger partial charge on any atom is 0.258 e. The van der Waals surface area contributed by atoms with Crippen molar-refractivity contribution in [2.24, 2.45) is 0 Å². The third-order valence-electron chi connectivity index (χ3n) is 6.31. The average molecular weight is 474 g/mol. The molecular formula is C29H32FN3O2. The highest BCUT2D eigenvalue weighted by Crippen LogP contribution is 2.22. The van der Waals surface area contributed by atoms with E-state index in [4.69, 9.17) is 0 Å². The van der Waals surface area contributed by atoms with Crippen molar-refractivity contribution >= 4 is 17.5 Å². The van der Waals surface area contributed by atoms with Crippen molar-refractivity contribution in [3.63, 3.8) is 0 Å². The van der Waals surface area contributed by atoms with E-state index in [1.807, 2.05) is 54.6 Å². The Morgan fingerprint density at radius 1 is 0.857 bits per heavy atom. The first-order valence-corrected chi connectivity index (χ1v) is 12.3. The van der Waals surface area contributed by atoms with E-state index in [9.17, 15) is 14.0 Å². The van der Waals surface area contributed by atoms with Gasteiger partial charge in [-0.15, -0.1) is 0 Å². The maximum absolute atomic E-state index is 13.8. The van der Waals surface area contributed by atoms with Crippen LogP contribution in [0.2, 0.25) is 0 Å². The molecule has 0 atom stereocenters. The zero-order valence-corrected chi connectivity index (χ0v) is 20.0. The molecule has 1 fully saturated rings. The molecule has 1 heterocycles. The van der Waals surface area contributed by atoms with E-state index in [0.29, 0.717) is 18.8 Å². The van der Waals surface area contributed by atoms with E-state index in [-0.39, 0.29) is 23.8 Å².